The first kappa shape index (κ1) is 22.3. The number of amides is 1. The van der Waals surface area contributed by atoms with Gasteiger partial charge in [0.25, 0.3) is 5.91 Å². The van der Waals surface area contributed by atoms with Crippen LogP contribution in [0.25, 0.3) is 11.0 Å². The molecule has 32 heavy (non-hydrogen) atoms. The number of furan rings is 1. The van der Waals surface area contributed by atoms with Crippen LogP contribution in [0, 0.1) is 0 Å². The second-order valence-corrected chi connectivity index (χ2v) is 10.1. The lowest BCUT2D eigenvalue weighted by molar-refractivity contribution is -0.129. The smallest absolute Gasteiger partial charge is 0.290 e. The van der Waals surface area contributed by atoms with Gasteiger partial charge in [0.1, 0.15) is 5.58 Å². The van der Waals surface area contributed by atoms with Gasteiger partial charge >= 0.3 is 0 Å². The molecule has 1 aliphatic rings. The third-order valence-electron chi connectivity index (χ3n) is 5.81. The molecule has 1 aliphatic heterocycles. The van der Waals surface area contributed by atoms with E-state index in [1.807, 2.05) is 43.3 Å². The number of halogens is 1. The molecular formula is C26H26BrNO4. The van der Waals surface area contributed by atoms with E-state index in [0.29, 0.717) is 18.5 Å². The molecule has 1 atom stereocenters. The van der Waals surface area contributed by atoms with Crippen molar-refractivity contribution in [3.8, 4) is 0 Å². The minimum atomic E-state index is -0.663. The van der Waals surface area contributed by atoms with Crippen LogP contribution in [0.5, 0.6) is 0 Å². The monoisotopic (exact) mass is 495 g/mol. The van der Waals surface area contributed by atoms with Gasteiger partial charge in [0.15, 0.2) is 11.5 Å². The second kappa shape index (κ2) is 8.24. The summed E-state index contributed by atoms with van der Waals surface area (Å²) in [6, 6.07) is 14.3. The Balaban J connectivity index is 1.79. The number of Topliss-reactive ketones (excluding diaryl/α,β-unsaturated/α-hetero) is 1. The maximum atomic E-state index is 13.5. The van der Waals surface area contributed by atoms with Gasteiger partial charge in [-0.25, -0.2) is 0 Å². The van der Waals surface area contributed by atoms with Crippen molar-refractivity contribution in [1.82, 2.24) is 4.90 Å². The van der Waals surface area contributed by atoms with E-state index in [-0.39, 0.29) is 16.7 Å². The van der Waals surface area contributed by atoms with E-state index in [9.17, 15) is 14.7 Å². The van der Waals surface area contributed by atoms with Gasteiger partial charge in [-0.05, 0) is 47.2 Å². The number of hydrogen-bond donors (Lipinski definition) is 1. The molecule has 0 radical (unpaired) electrons. The van der Waals surface area contributed by atoms with Crippen molar-refractivity contribution in [2.24, 2.45) is 0 Å². The van der Waals surface area contributed by atoms with Crippen LogP contribution in [-0.4, -0.2) is 28.2 Å². The van der Waals surface area contributed by atoms with Crippen LogP contribution >= 0.6 is 15.9 Å². The van der Waals surface area contributed by atoms with E-state index in [0.717, 1.165) is 21.0 Å². The fourth-order valence-electron chi connectivity index (χ4n) is 4.13. The Kier molecular flexibility index (Phi) is 5.76. The summed E-state index contributed by atoms with van der Waals surface area (Å²) in [5.74, 6) is -1.41. The Morgan fingerprint density at radius 3 is 2.44 bits per heavy atom. The molecule has 0 bridgehead atoms. The van der Waals surface area contributed by atoms with Crippen LogP contribution in [0.2, 0.25) is 0 Å². The summed E-state index contributed by atoms with van der Waals surface area (Å²) >= 11 is 3.42. The molecule has 4 rings (SSSR count). The van der Waals surface area contributed by atoms with Crippen LogP contribution in [0.3, 0.4) is 0 Å². The van der Waals surface area contributed by atoms with Gasteiger partial charge in [0.05, 0.1) is 11.6 Å². The van der Waals surface area contributed by atoms with E-state index < -0.39 is 23.5 Å². The average molecular weight is 496 g/mol. The Bertz CT molecular complexity index is 1230. The van der Waals surface area contributed by atoms with E-state index in [1.54, 1.807) is 17.0 Å². The van der Waals surface area contributed by atoms with Crippen molar-refractivity contribution in [2.75, 3.05) is 6.54 Å². The van der Waals surface area contributed by atoms with Gasteiger partial charge in [-0.1, -0.05) is 67.9 Å². The predicted octanol–water partition coefficient (Wildman–Crippen LogP) is 6.48. The second-order valence-electron chi connectivity index (χ2n) is 9.16. The first-order valence-corrected chi connectivity index (χ1v) is 11.5. The van der Waals surface area contributed by atoms with Crippen molar-refractivity contribution in [2.45, 2.75) is 45.6 Å². The first-order valence-electron chi connectivity index (χ1n) is 10.7. The molecule has 1 N–H and O–H groups in total. The Hall–Kier alpha value is -2.86. The number of benzene rings is 2. The maximum Gasteiger partial charge on any atom is 0.290 e. The standard InChI is InChI=1S/C26H26BrNO4/c1-5-12-28-22(15-6-8-17(9-7-15)26(2,3)4)21(24(30)25(28)31)23(29)20-14-16-13-18(27)10-11-19(16)32-20/h6-11,13-14,22,30H,5,12H2,1-4H3. The minimum absolute atomic E-state index is 0.0215. The highest BCUT2D eigenvalue weighted by Crippen LogP contribution is 2.40. The Labute approximate surface area is 195 Å². The van der Waals surface area contributed by atoms with Gasteiger partial charge in [-0.2, -0.15) is 0 Å². The largest absolute Gasteiger partial charge is 0.503 e. The molecule has 2 aromatic carbocycles. The zero-order valence-electron chi connectivity index (χ0n) is 18.6. The number of aliphatic hydroxyl groups is 1. The fraction of sp³-hybridized carbons (Fsp3) is 0.308. The normalized spacial score (nSPS) is 17.0. The minimum Gasteiger partial charge on any atom is -0.503 e. The van der Waals surface area contributed by atoms with Crippen LogP contribution in [0.15, 0.2) is 68.8 Å². The number of nitrogens with zero attached hydrogens (tertiary/aromatic N) is 1. The highest BCUT2D eigenvalue weighted by atomic mass is 79.9. The van der Waals surface area contributed by atoms with Crippen LogP contribution < -0.4 is 0 Å². The molecule has 6 heteroatoms. The highest BCUT2D eigenvalue weighted by Gasteiger charge is 2.44. The summed E-state index contributed by atoms with van der Waals surface area (Å²) in [5.41, 5.74) is 2.54. The molecule has 0 aliphatic carbocycles. The third-order valence-corrected chi connectivity index (χ3v) is 6.30. The van der Waals surface area contributed by atoms with Crippen LogP contribution in [0.1, 0.15) is 61.8 Å². The molecule has 2 heterocycles. The van der Waals surface area contributed by atoms with E-state index in [4.69, 9.17) is 4.42 Å². The molecule has 1 amide bonds. The quantitative estimate of drug-likeness (QED) is 0.411. The van der Waals surface area contributed by atoms with Gasteiger partial charge < -0.3 is 14.4 Å². The number of carbonyl (C=O) groups is 2. The number of hydrogen-bond acceptors (Lipinski definition) is 4. The number of fused-ring (bicyclic) bond motifs is 1. The van der Waals surface area contributed by atoms with Gasteiger partial charge in [-0.15, -0.1) is 0 Å². The van der Waals surface area contributed by atoms with E-state index in [2.05, 4.69) is 36.7 Å². The molecule has 5 nitrogen and oxygen atoms in total. The van der Waals surface area contributed by atoms with E-state index in [1.165, 1.54) is 0 Å². The van der Waals surface area contributed by atoms with Gasteiger partial charge in [-0.3, -0.25) is 9.59 Å². The number of carbonyl (C=O) groups excluding carboxylic acids is 2. The summed E-state index contributed by atoms with van der Waals surface area (Å²) in [5, 5.41) is 11.5. The molecule has 0 saturated carbocycles. The molecule has 166 valence electrons. The molecule has 0 spiro atoms. The summed E-state index contributed by atoms with van der Waals surface area (Å²) in [7, 11) is 0. The van der Waals surface area contributed by atoms with Crippen molar-refractivity contribution >= 4 is 38.6 Å². The van der Waals surface area contributed by atoms with Crippen molar-refractivity contribution in [3.63, 3.8) is 0 Å². The zero-order valence-corrected chi connectivity index (χ0v) is 20.2. The summed E-state index contributed by atoms with van der Waals surface area (Å²) in [6.45, 7) is 8.78. The van der Waals surface area contributed by atoms with Crippen LogP contribution in [-0.2, 0) is 10.2 Å². The molecular weight excluding hydrogens is 470 g/mol. The lowest BCUT2D eigenvalue weighted by Crippen LogP contribution is -2.31. The molecule has 3 aromatic rings. The van der Waals surface area contributed by atoms with Crippen LogP contribution in [0.4, 0.5) is 0 Å². The third kappa shape index (κ3) is 3.88. The Morgan fingerprint density at radius 1 is 1.12 bits per heavy atom. The Morgan fingerprint density at radius 2 is 1.81 bits per heavy atom. The van der Waals surface area contributed by atoms with E-state index >= 15 is 0 Å². The summed E-state index contributed by atoms with van der Waals surface area (Å²) in [4.78, 5) is 28.0. The molecule has 0 fully saturated rings. The number of ketones is 1. The highest BCUT2D eigenvalue weighted by molar-refractivity contribution is 9.10. The first-order chi connectivity index (χ1) is 15.1. The number of aliphatic hydroxyl groups excluding tert-OH is 1. The van der Waals surface area contributed by atoms with Crippen molar-refractivity contribution < 1.29 is 19.1 Å². The number of rotatable bonds is 5. The average Bonchev–Trinajstić information content (AvgIpc) is 3.27. The molecule has 1 aromatic heterocycles. The van der Waals surface area contributed by atoms with Crippen molar-refractivity contribution in [1.29, 1.82) is 0 Å². The topological polar surface area (TPSA) is 70.8 Å². The zero-order chi connectivity index (χ0) is 23.2. The summed E-state index contributed by atoms with van der Waals surface area (Å²) in [6.07, 6.45) is 0.704. The maximum absolute atomic E-state index is 13.5. The lowest BCUT2D eigenvalue weighted by atomic mass is 9.85. The molecule has 1 unspecified atom stereocenters. The predicted molar refractivity (Wildman–Crippen MR) is 128 cm³/mol. The van der Waals surface area contributed by atoms with Gasteiger partial charge in [0, 0.05) is 16.4 Å². The lowest BCUT2D eigenvalue weighted by Gasteiger charge is -2.27. The molecule has 0 saturated heterocycles. The van der Waals surface area contributed by atoms with Gasteiger partial charge in [0.2, 0.25) is 5.78 Å². The fourth-order valence-corrected chi connectivity index (χ4v) is 4.51. The summed E-state index contributed by atoms with van der Waals surface area (Å²) < 4.78 is 6.65. The van der Waals surface area contributed by atoms with Crippen molar-refractivity contribution in [3.05, 3.63) is 81.2 Å². The SMILES string of the molecule is CCCN1C(=O)C(O)=C(C(=O)c2cc3cc(Br)ccc3o2)C1c1ccc(C(C)(C)C)cc1.